The molecule has 0 bridgehead atoms. The van der Waals surface area contributed by atoms with Crippen molar-refractivity contribution in [2.45, 2.75) is 31.3 Å². The lowest BCUT2D eigenvalue weighted by Gasteiger charge is -2.39. The molecule has 0 spiro atoms. The van der Waals surface area contributed by atoms with Crippen LogP contribution in [0.2, 0.25) is 0 Å². The summed E-state index contributed by atoms with van der Waals surface area (Å²) in [4.78, 5) is 26.5. The molecule has 1 saturated carbocycles. The fourth-order valence-corrected chi connectivity index (χ4v) is 3.38. The highest BCUT2D eigenvalue weighted by Crippen LogP contribution is 2.28. The smallest absolute Gasteiger partial charge is 0.327 e. The summed E-state index contributed by atoms with van der Waals surface area (Å²) in [5.41, 5.74) is 0. The number of nitrogens with zero attached hydrogens (tertiary/aromatic N) is 2. The molecule has 2 fully saturated rings. The molecule has 0 aromatic rings. The Morgan fingerprint density at radius 3 is 2.61 bits per heavy atom. The first-order chi connectivity index (χ1) is 8.65. The maximum atomic E-state index is 12.3. The van der Waals surface area contributed by atoms with Gasteiger partial charge in [0.15, 0.2) is 0 Å². The van der Waals surface area contributed by atoms with Gasteiger partial charge in [0.1, 0.15) is 6.04 Å². The summed E-state index contributed by atoms with van der Waals surface area (Å²) in [5, 5.41) is 18.1. The van der Waals surface area contributed by atoms with E-state index in [4.69, 9.17) is 10.2 Å². The van der Waals surface area contributed by atoms with Crippen molar-refractivity contribution in [2.24, 2.45) is 0 Å². The lowest BCUT2D eigenvalue weighted by Crippen LogP contribution is -2.54. The SMILES string of the molecule is O=C(O)C1CSCN1C(=O)N(CCO)C1CCC1. The van der Waals surface area contributed by atoms with Gasteiger partial charge >= 0.3 is 12.0 Å². The Hall–Kier alpha value is -0.950. The molecule has 6 nitrogen and oxygen atoms in total. The summed E-state index contributed by atoms with van der Waals surface area (Å²) >= 11 is 1.45. The molecule has 1 saturated heterocycles. The van der Waals surface area contributed by atoms with Crippen LogP contribution in [0.1, 0.15) is 19.3 Å². The van der Waals surface area contributed by atoms with Crippen molar-refractivity contribution in [3.8, 4) is 0 Å². The van der Waals surface area contributed by atoms with Gasteiger partial charge in [0.25, 0.3) is 0 Å². The second-order valence-electron chi connectivity index (χ2n) is 4.61. The molecular formula is C11H18N2O4S. The van der Waals surface area contributed by atoms with Crippen LogP contribution >= 0.6 is 11.8 Å². The molecule has 2 aliphatic rings. The van der Waals surface area contributed by atoms with Crippen molar-refractivity contribution in [2.75, 3.05) is 24.8 Å². The monoisotopic (exact) mass is 274 g/mol. The third kappa shape index (κ3) is 2.56. The molecular weight excluding hydrogens is 256 g/mol. The molecule has 1 atom stereocenters. The fraction of sp³-hybridized carbons (Fsp3) is 0.818. The number of carbonyl (C=O) groups excluding carboxylic acids is 1. The minimum atomic E-state index is -0.953. The molecule has 2 rings (SSSR count). The van der Waals surface area contributed by atoms with Crippen molar-refractivity contribution in [1.29, 1.82) is 0 Å². The zero-order chi connectivity index (χ0) is 13.1. The summed E-state index contributed by atoms with van der Waals surface area (Å²) < 4.78 is 0. The quantitative estimate of drug-likeness (QED) is 0.776. The molecule has 18 heavy (non-hydrogen) atoms. The number of amides is 2. The molecule has 1 aliphatic heterocycles. The van der Waals surface area contributed by atoms with Gasteiger partial charge in [0.2, 0.25) is 0 Å². The minimum absolute atomic E-state index is 0.0824. The summed E-state index contributed by atoms with van der Waals surface area (Å²) in [6.45, 7) is 0.206. The van der Waals surface area contributed by atoms with Gasteiger partial charge in [-0.3, -0.25) is 0 Å². The Kier molecular flexibility index (Phi) is 4.34. The summed E-state index contributed by atoms with van der Waals surface area (Å²) in [6, 6.07) is -0.806. The maximum Gasteiger partial charge on any atom is 0.327 e. The number of carboxylic acid groups (broad SMARTS) is 1. The predicted octanol–water partition coefficient (Wildman–Crippen LogP) is 0.413. The minimum Gasteiger partial charge on any atom is -0.480 e. The highest BCUT2D eigenvalue weighted by Gasteiger charge is 2.39. The van der Waals surface area contributed by atoms with Crippen molar-refractivity contribution in [3.63, 3.8) is 0 Å². The normalized spacial score (nSPS) is 23.8. The first kappa shape index (κ1) is 13.5. The van der Waals surface area contributed by atoms with E-state index in [1.807, 2.05) is 0 Å². The molecule has 0 aromatic heterocycles. The number of carboxylic acids is 1. The van der Waals surface area contributed by atoms with Crippen LogP contribution in [0.5, 0.6) is 0 Å². The first-order valence-corrected chi connectivity index (χ1v) is 7.29. The zero-order valence-corrected chi connectivity index (χ0v) is 10.9. The van der Waals surface area contributed by atoms with E-state index < -0.39 is 12.0 Å². The predicted molar refractivity (Wildman–Crippen MR) is 67.4 cm³/mol. The van der Waals surface area contributed by atoms with Gasteiger partial charge in [-0.05, 0) is 19.3 Å². The van der Waals surface area contributed by atoms with E-state index in [9.17, 15) is 9.59 Å². The number of carbonyl (C=O) groups is 2. The van der Waals surface area contributed by atoms with Crippen LogP contribution in [0.4, 0.5) is 4.79 Å². The molecule has 7 heteroatoms. The molecule has 2 N–H and O–H groups in total. The van der Waals surface area contributed by atoms with Crippen LogP contribution in [0.3, 0.4) is 0 Å². The van der Waals surface area contributed by atoms with E-state index in [1.165, 1.54) is 16.7 Å². The Morgan fingerprint density at radius 1 is 1.39 bits per heavy atom. The molecule has 0 aromatic carbocycles. The van der Waals surface area contributed by atoms with Crippen molar-refractivity contribution in [3.05, 3.63) is 0 Å². The number of aliphatic carboxylic acids is 1. The van der Waals surface area contributed by atoms with Gasteiger partial charge < -0.3 is 20.0 Å². The molecule has 1 unspecified atom stereocenters. The number of aliphatic hydroxyl groups excluding tert-OH is 1. The molecule has 2 amide bonds. The molecule has 0 radical (unpaired) electrons. The Labute approximate surface area is 110 Å². The van der Waals surface area contributed by atoms with Crippen LogP contribution in [0.15, 0.2) is 0 Å². The topological polar surface area (TPSA) is 81.1 Å². The highest BCUT2D eigenvalue weighted by molar-refractivity contribution is 7.99. The van der Waals surface area contributed by atoms with Crippen LogP contribution in [0.25, 0.3) is 0 Å². The lowest BCUT2D eigenvalue weighted by atomic mass is 9.91. The number of hydrogen-bond donors (Lipinski definition) is 2. The third-order valence-corrected chi connectivity index (χ3v) is 4.53. The van der Waals surface area contributed by atoms with E-state index in [1.54, 1.807) is 4.90 Å². The largest absolute Gasteiger partial charge is 0.480 e. The van der Waals surface area contributed by atoms with Gasteiger partial charge in [-0.2, -0.15) is 0 Å². The third-order valence-electron chi connectivity index (χ3n) is 3.52. The molecule has 1 aliphatic carbocycles. The number of aliphatic hydroxyl groups is 1. The number of hydrogen-bond acceptors (Lipinski definition) is 4. The first-order valence-electron chi connectivity index (χ1n) is 6.13. The molecule has 102 valence electrons. The van der Waals surface area contributed by atoms with E-state index >= 15 is 0 Å². The van der Waals surface area contributed by atoms with E-state index in [2.05, 4.69) is 0 Å². The van der Waals surface area contributed by atoms with Crippen molar-refractivity contribution < 1.29 is 19.8 Å². The maximum absolute atomic E-state index is 12.3. The van der Waals surface area contributed by atoms with E-state index in [0.29, 0.717) is 11.6 Å². The van der Waals surface area contributed by atoms with Gasteiger partial charge in [0, 0.05) is 18.3 Å². The van der Waals surface area contributed by atoms with Crippen molar-refractivity contribution >= 4 is 23.8 Å². The van der Waals surface area contributed by atoms with Crippen LogP contribution in [-0.2, 0) is 4.79 Å². The number of rotatable bonds is 4. The summed E-state index contributed by atoms with van der Waals surface area (Å²) in [6.07, 6.45) is 2.99. The number of urea groups is 1. The Bertz CT molecular complexity index is 335. The van der Waals surface area contributed by atoms with E-state index in [0.717, 1.165) is 19.3 Å². The Balaban J connectivity index is 2.04. The second-order valence-corrected chi connectivity index (χ2v) is 5.61. The van der Waals surface area contributed by atoms with Crippen molar-refractivity contribution in [1.82, 2.24) is 9.80 Å². The average molecular weight is 274 g/mol. The Morgan fingerprint density at radius 2 is 2.11 bits per heavy atom. The van der Waals surface area contributed by atoms with Gasteiger partial charge in [-0.25, -0.2) is 9.59 Å². The van der Waals surface area contributed by atoms with Gasteiger partial charge in [0.05, 0.1) is 12.5 Å². The summed E-state index contributed by atoms with van der Waals surface area (Å²) in [7, 11) is 0. The fourth-order valence-electron chi connectivity index (χ4n) is 2.24. The van der Waals surface area contributed by atoms with Crippen LogP contribution in [0, 0.1) is 0 Å². The van der Waals surface area contributed by atoms with Gasteiger partial charge in [-0.1, -0.05) is 0 Å². The summed E-state index contributed by atoms with van der Waals surface area (Å²) in [5.74, 6) is -0.0886. The van der Waals surface area contributed by atoms with Crippen LogP contribution < -0.4 is 0 Å². The van der Waals surface area contributed by atoms with E-state index in [-0.39, 0.29) is 25.2 Å². The zero-order valence-electron chi connectivity index (χ0n) is 10.1. The second kappa shape index (κ2) is 5.79. The standard InChI is InChI=1S/C11H18N2O4S/c14-5-4-12(8-2-1-3-8)11(17)13-7-18-6-9(13)10(15)16/h8-9,14H,1-7H2,(H,15,16). The molecule has 1 heterocycles. The average Bonchev–Trinajstić information content (AvgIpc) is 2.74. The number of thioether (sulfide) groups is 1. The lowest BCUT2D eigenvalue weighted by molar-refractivity contribution is -0.141. The van der Waals surface area contributed by atoms with Crippen LogP contribution in [-0.4, -0.2) is 68.9 Å². The van der Waals surface area contributed by atoms with Gasteiger partial charge in [-0.15, -0.1) is 11.8 Å². The highest BCUT2D eigenvalue weighted by atomic mass is 32.2.